The SMILES string of the molecule is Cc1ccc(S(=O)(=O)N(CC(=O)N(Cc2cccc(Br)c2)C(C)C(=O)NC2CCCCC2)c2ccc(Cl)c(Cl)c2)cc1. The predicted octanol–water partition coefficient (Wildman–Crippen LogP) is 7.13. The average Bonchev–Trinajstić information content (AvgIpc) is 2.96. The number of rotatable bonds is 10. The van der Waals surface area contributed by atoms with Gasteiger partial charge in [-0.1, -0.05) is 88.2 Å². The Labute approximate surface area is 266 Å². The molecule has 1 unspecified atom stereocenters. The van der Waals surface area contributed by atoms with E-state index in [4.69, 9.17) is 23.2 Å². The number of nitrogens with one attached hydrogen (secondary N) is 1. The quantitative estimate of drug-likeness (QED) is 0.245. The molecule has 1 atom stereocenters. The Bertz CT molecular complexity index is 1530. The molecule has 2 amide bonds. The van der Waals surface area contributed by atoms with Crippen molar-refractivity contribution in [2.24, 2.45) is 0 Å². The lowest BCUT2D eigenvalue weighted by molar-refractivity contribution is -0.139. The highest BCUT2D eigenvalue weighted by Crippen LogP contribution is 2.31. The number of amides is 2. The van der Waals surface area contributed by atoms with Crippen molar-refractivity contribution in [1.29, 1.82) is 0 Å². The van der Waals surface area contributed by atoms with Gasteiger partial charge in [-0.25, -0.2) is 8.42 Å². The van der Waals surface area contributed by atoms with E-state index in [1.54, 1.807) is 19.1 Å². The third-order valence-corrected chi connectivity index (χ3v) is 10.5. The summed E-state index contributed by atoms with van der Waals surface area (Å²) in [5, 5.41) is 3.51. The Kier molecular flexibility index (Phi) is 11.0. The molecule has 3 aromatic carbocycles. The number of carbonyl (C=O) groups excluding carboxylic acids is 2. The van der Waals surface area contributed by atoms with Crippen LogP contribution < -0.4 is 9.62 Å². The van der Waals surface area contributed by atoms with Gasteiger partial charge in [0.15, 0.2) is 0 Å². The van der Waals surface area contributed by atoms with Gasteiger partial charge < -0.3 is 10.2 Å². The van der Waals surface area contributed by atoms with Crippen molar-refractivity contribution in [3.63, 3.8) is 0 Å². The second-order valence-corrected chi connectivity index (χ2v) is 14.2. The number of benzene rings is 3. The number of halogens is 3. The van der Waals surface area contributed by atoms with Crippen LogP contribution in [0.25, 0.3) is 0 Å². The van der Waals surface area contributed by atoms with Gasteiger partial charge in [0.2, 0.25) is 11.8 Å². The molecular formula is C31H34BrCl2N3O4S. The molecule has 1 N–H and O–H groups in total. The van der Waals surface area contributed by atoms with E-state index in [9.17, 15) is 18.0 Å². The maximum Gasteiger partial charge on any atom is 0.264 e. The molecule has 1 aliphatic rings. The third-order valence-electron chi connectivity index (χ3n) is 7.44. The van der Waals surface area contributed by atoms with Crippen molar-refractivity contribution in [2.45, 2.75) is 69.5 Å². The molecule has 0 bridgehead atoms. The minimum atomic E-state index is -4.20. The first kappa shape index (κ1) is 32.3. The molecule has 0 saturated heterocycles. The highest BCUT2D eigenvalue weighted by Gasteiger charge is 2.33. The summed E-state index contributed by atoms with van der Waals surface area (Å²) in [4.78, 5) is 29.0. The molecule has 1 fully saturated rings. The van der Waals surface area contributed by atoms with Gasteiger partial charge in [0.1, 0.15) is 12.6 Å². The number of sulfonamides is 1. The van der Waals surface area contributed by atoms with Gasteiger partial charge in [0.05, 0.1) is 20.6 Å². The number of anilines is 1. The van der Waals surface area contributed by atoms with Gasteiger partial charge in [0, 0.05) is 17.1 Å². The fourth-order valence-electron chi connectivity index (χ4n) is 4.99. The topological polar surface area (TPSA) is 86.8 Å². The zero-order valence-electron chi connectivity index (χ0n) is 23.5. The van der Waals surface area contributed by atoms with Gasteiger partial charge >= 0.3 is 0 Å². The normalized spacial score (nSPS) is 14.7. The van der Waals surface area contributed by atoms with Crippen LogP contribution >= 0.6 is 39.1 Å². The van der Waals surface area contributed by atoms with Gasteiger partial charge in [-0.3, -0.25) is 13.9 Å². The molecule has 0 aromatic heterocycles. The molecule has 224 valence electrons. The molecule has 42 heavy (non-hydrogen) atoms. The third kappa shape index (κ3) is 8.07. The summed E-state index contributed by atoms with van der Waals surface area (Å²) in [7, 11) is -4.20. The Hall–Kier alpha value is -2.59. The van der Waals surface area contributed by atoms with Crippen LogP contribution in [0.15, 0.2) is 76.1 Å². The van der Waals surface area contributed by atoms with Gasteiger partial charge in [-0.2, -0.15) is 0 Å². The van der Waals surface area contributed by atoms with Crippen LogP contribution in [0.4, 0.5) is 5.69 Å². The van der Waals surface area contributed by atoms with E-state index in [0.29, 0.717) is 0 Å². The zero-order valence-corrected chi connectivity index (χ0v) is 27.4. The monoisotopic (exact) mass is 693 g/mol. The van der Waals surface area contributed by atoms with E-state index in [-0.39, 0.29) is 39.1 Å². The van der Waals surface area contributed by atoms with Crippen LogP contribution in [0.2, 0.25) is 10.0 Å². The molecule has 0 aliphatic heterocycles. The van der Waals surface area contributed by atoms with E-state index in [2.05, 4.69) is 21.2 Å². The van der Waals surface area contributed by atoms with E-state index in [0.717, 1.165) is 52.0 Å². The largest absolute Gasteiger partial charge is 0.352 e. The van der Waals surface area contributed by atoms with E-state index in [1.807, 2.05) is 31.2 Å². The molecule has 1 aliphatic carbocycles. The number of carbonyl (C=O) groups is 2. The van der Waals surface area contributed by atoms with Crippen LogP contribution in [0.5, 0.6) is 0 Å². The summed E-state index contributed by atoms with van der Waals surface area (Å²) in [6.45, 7) is 3.09. The van der Waals surface area contributed by atoms with Gasteiger partial charge in [-0.05, 0) is 74.7 Å². The molecule has 11 heteroatoms. The van der Waals surface area contributed by atoms with Crippen molar-refractivity contribution in [3.8, 4) is 0 Å². The fraction of sp³-hybridized carbons (Fsp3) is 0.355. The fourth-order valence-corrected chi connectivity index (χ4v) is 7.13. The summed E-state index contributed by atoms with van der Waals surface area (Å²) >= 11 is 15.9. The first-order chi connectivity index (χ1) is 20.0. The van der Waals surface area contributed by atoms with Crippen molar-refractivity contribution in [3.05, 3.63) is 92.4 Å². The maximum absolute atomic E-state index is 14.1. The minimum absolute atomic E-state index is 0.0219. The number of hydrogen-bond acceptors (Lipinski definition) is 4. The second kappa shape index (κ2) is 14.3. The Balaban J connectivity index is 1.69. The Morgan fingerprint density at radius 3 is 2.31 bits per heavy atom. The average molecular weight is 696 g/mol. The van der Waals surface area contributed by atoms with Crippen molar-refractivity contribution in [2.75, 3.05) is 10.8 Å². The molecule has 1 saturated carbocycles. The first-order valence-corrected chi connectivity index (χ1v) is 16.8. The highest BCUT2D eigenvalue weighted by atomic mass is 79.9. The van der Waals surface area contributed by atoms with Crippen LogP contribution in [0.3, 0.4) is 0 Å². The predicted molar refractivity (Wildman–Crippen MR) is 171 cm³/mol. The summed E-state index contributed by atoms with van der Waals surface area (Å²) in [6.07, 6.45) is 5.05. The van der Waals surface area contributed by atoms with E-state index in [1.165, 1.54) is 35.2 Å². The number of hydrogen-bond donors (Lipinski definition) is 1. The Morgan fingerprint density at radius 2 is 1.67 bits per heavy atom. The molecular weight excluding hydrogens is 661 g/mol. The summed E-state index contributed by atoms with van der Waals surface area (Å²) in [5.41, 5.74) is 1.86. The van der Waals surface area contributed by atoms with Crippen LogP contribution in [-0.4, -0.2) is 43.8 Å². The molecule has 3 aromatic rings. The van der Waals surface area contributed by atoms with Crippen molar-refractivity contribution < 1.29 is 18.0 Å². The molecule has 0 heterocycles. The summed E-state index contributed by atoms with van der Waals surface area (Å²) < 4.78 is 29.8. The lowest BCUT2D eigenvalue weighted by atomic mass is 9.95. The standard InChI is InChI=1S/C31H34BrCl2N3O4S/c1-21-11-14-27(15-12-21)42(40,41)37(26-13-16-28(33)29(34)18-26)20-30(38)36(19-23-7-6-8-24(32)17-23)22(2)31(39)35-25-9-4-3-5-10-25/h6-8,11-18,22,25H,3-5,9-10,19-20H2,1-2H3,(H,35,39). The molecule has 0 radical (unpaired) electrons. The van der Waals surface area contributed by atoms with Crippen molar-refractivity contribution in [1.82, 2.24) is 10.2 Å². The van der Waals surface area contributed by atoms with E-state index < -0.39 is 28.5 Å². The molecule has 4 rings (SSSR count). The van der Waals surface area contributed by atoms with Crippen LogP contribution in [-0.2, 0) is 26.2 Å². The maximum atomic E-state index is 14.1. The van der Waals surface area contributed by atoms with Crippen molar-refractivity contribution >= 4 is 66.7 Å². The highest BCUT2D eigenvalue weighted by molar-refractivity contribution is 9.10. The second-order valence-electron chi connectivity index (χ2n) is 10.6. The minimum Gasteiger partial charge on any atom is -0.352 e. The Morgan fingerprint density at radius 1 is 0.976 bits per heavy atom. The summed E-state index contributed by atoms with van der Waals surface area (Å²) in [6, 6.07) is 17.4. The molecule has 7 nitrogen and oxygen atoms in total. The van der Waals surface area contributed by atoms with Gasteiger partial charge in [-0.15, -0.1) is 0 Å². The van der Waals surface area contributed by atoms with Crippen LogP contribution in [0.1, 0.15) is 50.2 Å². The number of nitrogens with zero attached hydrogens (tertiary/aromatic N) is 2. The summed E-state index contributed by atoms with van der Waals surface area (Å²) in [5.74, 6) is -0.809. The first-order valence-electron chi connectivity index (χ1n) is 13.8. The number of aryl methyl sites for hydroxylation is 1. The smallest absolute Gasteiger partial charge is 0.264 e. The van der Waals surface area contributed by atoms with Gasteiger partial charge in [0.25, 0.3) is 10.0 Å². The lowest BCUT2D eigenvalue weighted by Crippen LogP contribution is -2.53. The van der Waals surface area contributed by atoms with E-state index >= 15 is 0 Å². The lowest BCUT2D eigenvalue weighted by Gasteiger charge is -2.33. The van der Waals surface area contributed by atoms with Crippen LogP contribution in [0, 0.1) is 6.92 Å². The molecule has 0 spiro atoms. The zero-order chi connectivity index (χ0) is 30.4.